The van der Waals surface area contributed by atoms with E-state index < -0.39 is 0 Å². The Kier molecular flexibility index (Phi) is 3.26. The van der Waals surface area contributed by atoms with Gasteiger partial charge in [0.25, 0.3) is 5.91 Å². The second kappa shape index (κ2) is 5.19. The average Bonchev–Trinajstić information content (AvgIpc) is 3.11. The molecule has 0 fully saturated rings. The molecule has 23 heavy (non-hydrogen) atoms. The van der Waals surface area contributed by atoms with E-state index in [1.165, 1.54) is 11.4 Å². The third kappa shape index (κ3) is 2.26. The van der Waals surface area contributed by atoms with E-state index in [4.69, 9.17) is 0 Å². The van der Waals surface area contributed by atoms with E-state index in [0.717, 1.165) is 11.0 Å². The molecule has 4 rings (SSSR count). The molecular formula is C16H16BrN5O. The van der Waals surface area contributed by atoms with Gasteiger partial charge in [-0.3, -0.25) is 4.79 Å². The predicted octanol–water partition coefficient (Wildman–Crippen LogP) is 2.82. The fourth-order valence-electron chi connectivity index (χ4n) is 3.20. The molecule has 0 spiro atoms. The number of halogens is 1. The van der Waals surface area contributed by atoms with Crippen LogP contribution in [0.3, 0.4) is 0 Å². The largest absolute Gasteiger partial charge is 0.345 e. The Morgan fingerprint density at radius 1 is 1.35 bits per heavy atom. The second-order valence-corrected chi connectivity index (χ2v) is 6.75. The van der Waals surface area contributed by atoms with Crippen LogP contribution in [0.1, 0.15) is 34.8 Å². The molecule has 4 heterocycles. The highest BCUT2D eigenvalue weighted by Crippen LogP contribution is 2.28. The highest BCUT2D eigenvalue weighted by molar-refractivity contribution is 9.10. The van der Waals surface area contributed by atoms with Crippen LogP contribution < -0.4 is 0 Å². The summed E-state index contributed by atoms with van der Waals surface area (Å²) in [4.78, 5) is 19.0. The van der Waals surface area contributed by atoms with Crippen molar-refractivity contribution in [2.45, 2.75) is 26.4 Å². The highest BCUT2D eigenvalue weighted by Gasteiger charge is 2.30. The van der Waals surface area contributed by atoms with Gasteiger partial charge in [-0.2, -0.15) is 5.10 Å². The Balaban J connectivity index is 1.68. The lowest BCUT2D eigenvalue weighted by Gasteiger charge is -2.35. The summed E-state index contributed by atoms with van der Waals surface area (Å²) in [5.41, 5.74) is 3.51. The zero-order chi connectivity index (χ0) is 16.1. The molecule has 3 aromatic heterocycles. The molecule has 1 aliphatic heterocycles. The number of carbonyl (C=O) groups excluding carboxylic acids is 1. The number of carbonyl (C=O) groups is 1. The van der Waals surface area contributed by atoms with Crippen LogP contribution in [0.2, 0.25) is 0 Å². The smallest absolute Gasteiger partial charge is 0.275 e. The first-order chi connectivity index (χ1) is 11.0. The lowest BCUT2D eigenvalue weighted by molar-refractivity contribution is 0.0636. The van der Waals surface area contributed by atoms with Crippen molar-refractivity contribution in [1.29, 1.82) is 0 Å². The van der Waals surface area contributed by atoms with Gasteiger partial charge in [0, 0.05) is 42.9 Å². The molecule has 3 aromatic rings. The number of rotatable bonds is 1. The van der Waals surface area contributed by atoms with Crippen molar-refractivity contribution in [3.8, 4) is 0 Å². The summed E-state index contributed by atoms with van der Waals surface area (Å²) in [6.45, 7) is 5.67. The minimum Gasteiger partial charge on any atom is -0.345 e. The van der Waals surface area contributed by atoms with Crippen LogP contribution in [0.25, 0.3) is 5.65 Å². The summed E-state index contributed by atoms with van der Waals surface area (Å²) in [5.74, 6) is -0.0516. The Labute approximate surface area is 141 Å². The van der Waals surface area contributed by atoms with Crippen molar-refractivity contribution in [3.63, 3.8) is 0 Å². The number of fused-ring (bicyclic) bond motifs is 2. The van der Waals surface area contributed by atoms with E-state index in [-0.39, 0.29) is 11.9 Å². The first-order valence-electron chi connectivity index (χ1n) is 7.52. The van der Waals surface area contributed by atoms with Crippen LogP contribution in [0.4, 0.5) is 0 Å². The topological polar surface area (TPSA) is 55.4 Å². The maximum absolute atomic E-state index is 12.9. The second-order valence-electron chi connectivity index (χ2n) is 5.83. The molecule has 1 aliphatic rings. The summed E-state index contributed by atoms with van der Waals surface area (Å²) in [6, 6.07) is 5.98. The Bertz CT molecular complexity index is 912. The number of aromatic nitrogens is 4. The molecule has 0 saturated heterocycles. The molecule has 0 aromatic carbocycles. The number of aryl methyl sites for hydroxylation is 1. The number of amides is 1. The van der Waals surface area contributed by atoms with Crippen LogP contribution >= 0.6 is 15.9 Å². The van der Waals surface area contributed by atoms with Crippen LogP contribution in [0.15, 0.2) is 35.1 Å². The molecule has 7 heteroatoms. The maximum Gasteiger partial charge on any atom is 0.275 e. The van der Waals surface area contributed by atoms with Gasteiger partial charge in [-0.05, 0) is 41.9 Å². The highest BCUT2D eigenvalue weighted by atomic mass is 79.9. The van der Waals surface area contributed by atoms with E-state index in [1.54, 1.807) is 23.0 Å². The van der Waals surface area contributed by atoms with Crippen LogP contribution in [-0.4, -0.2) is 36.5 Å². The minimum absolute atomic E-state index is 0.0365. The molecule has 1 atom stereocenters. The van der Waals surface area contributed by atoms with Crippen molar-refractivity contribution in [2.24, 2.45) is 0 Å². The van der Waals surface area contributed by atoms with Gasteiger partial charge < -0.3 is 9.47 Å². The van der Waals surface area contributed by atoms with Gasteiger partial charge >= 0.3 is 0 Å². The SMILES string of the molecule is Cc1ccc2n1CCN(C(=O)c1cc3ncc(Br)cn3n1)C2C. The average molecular weight is 374 g/mol. The molecular weight excluding hydrogens is 358 g/mol. The van der Waals surface area contributed by atoms with Crippen molar-refractivity contribution in [2.75, 3.05) is 6.54 Å². The molecule has 0 N–H and O–H groups in total. The van der Waals surface area contributed by atoms with E-state index in [2.05, 4.69) is 56.6 Å². The third-order valence-corrected chi connectivity index (χ3v) is 4.86. The number of hydrogen-bond donors (Lipinski definition) is 0. The molecule has 0 radical (unpaired) electrons. The van der Waals surface area contributed by atoms with Crippen molar-refractivity contribution >= 4 is 27.5 Å². The first-order valence-corrected chi connectivity index (χ1v) is 8.32. The van der Waals surface area contributed by atoms with Crippen LogP contribution in [0.5, 0.6) is 0 Å². The van der Waals surface area contributed by atoms with Crippen molar-refractivity contribution in [1.82, 2.24) is 24.1 Å². The quantitative estimate of drug-likeness (QED) is 0.658. The summed E-state index contributed by atoms with van der Waals surface area (Å²) < 4.78 is 4.72. The monoisotopic (exact) mass is 373 g/mol. The summed E-state index contributed by atoms with van der Waals surface area (Å²) in [7, 11) is 0. The van der Waals surface area contributed by atoms with Crippen molar-refractivity contribution < 1.29 is 4.79 Å². The third-order valence-electron chi connectivity index (χ3n) is 4.45. The maximum atomic E-state index is 12.9. The van der Waals surface area contributed by atoms with E-state index >= 15 is 0 Å². The van der Waals surface area contributed by atoms with Gasteiger partial charge in [-0.25, -0.2) is 9.50 Å². The first kappa shape index (κ1) is 14.4. The summed E-state index contributed by atoms with van der Waals surface area (Å²) in [6.07, 6.45) is 3.50. The van der Waals surface area contributed by atoms with Gasteiger partial charge in [0.15, 0.2) is 11.3 Å². The summed E-state index contributed by atoms with van der Waals surface area (Å²) in [5, 5.41) is 4.37. The van der Waals surface area contributed by atoms with Gasteiger partial charge in [-0.1, -0.05) is 0 Å². The Hall–Kier alpha value is -2.15. The standard InChI is InChI=1S/C16H16BrN5O/c1-10-3-4-14-11(2)21(6-5-20(10)14)16(23)13-7-15-18-8-12(17)9-22(15)19-13/h3-4,7-9,11H,5-6H2,1-2H3. The van der Waals surface area contributed by atoms with Gasteiger partial charge in [0.2, 0.25) is 0 Å². The minimum atomic E-state index is -0.0516. The van der Waals surface area contributed by atoms with E-state index in [0.29, 0.717) is 17.9 Å². The summed E-state index contributed by atoms with van der Waals surface area (Å²) >= 11 is 3.36. The van der Waals surface area contributed by atoms with E-state index in [1.807, 2.05) is 4.90 Å². The molecule has 0 saturated carbocycles. The van der Waals surface area contributed by atoms with Gasteiger partial charge in [0.05, 0.1) is 10.5 Å². The van der Waals surface area contributed by atoms with Crippen molar-refractivity contribution in [3.05, 3.63) is 52.1 Å². The Morgan fingerprint density at radius 3 is 3.00 bits per heavy atom. The molecule has 0 aliphatic carbocycles. The molecule has 118 valence electrons. The lowest BCUT2D eigenvalue weighted by Crippen LogP contribution is -2.41. The zero-order valence-corrected chi connectivity index (χ0v) is 14.5. The lowest BCUT2D eigenvalue weighted by atomic mass is 10.1. The molecule has 1 amide bonds. The molecule has 1 unspecified atom stereocenters. The van der Waals surface area contributed by atoms with E-state index in [9.17, 15) is 4.79 Å². The number of hydrogen-bond acceptors (Lipinski definition) is 3. The van der Waals surface area contributed by atoms with Gasteiger partial charge in [0.1, 0.15) is 0 Å². The fourth-order valence-corrected chi connectivity index (χ4v) is 3.50. The predicted molar refractivity (Wildman–Crippen MR) is 89.3 cm³/mol. The van der Waals surface area contributed by atoms with Crippen LogP contribution in [-0.2, 0) is 6.54 Å². The molecule has 6 nitrogen and oxygen atoms in total. The van der Waals surface area contributed by atoms with Crippen LogP contribution in [0, 0.1) is 6.92 Å². The zero-order valence-electron chi connectivity index (χ0n) is 12.9. The normalized spacial score (nSPS) is 17.5. The van der Waals surface area contributed by atoms with Gasteiger partial charge in [-0.15, -0.1) is 0 Å². The number of nitrogens with zero attached hydrogens (tertiary/aromatic N) is 5. The molecule has 0 bridgehead atoms. The fraction of sp³-hybridized carbons (Fsp3) is 0.312. The Morgan fingerprint density at radius 2 is 2.17 bits per heavy atom.